The molecule has 0 bridgehead atoms. The summed E-state index contributed by atoms with van der Waals surface area (Å²) in [6.07, 6.45) is 3.01. The molecule has 4 rings (SSSR count). The maximum atomic E-state index is 5.84. The minimum absolute atomic E-state index is 0.139. The lowest BCUT2D eigenvalue weighted by atomic mass is 10.1. The fourth-order valence-electron chi connectivity index (χ4n) is 3.27. The number of benzene rings is 1. The molecule has 0 aliphatic carbocycles. The highest BCUT2D eigenvalue weighted by molar-refractivity contribution is 5.94. The molecule has 3 aromatic rings. The molecule has 136 valence electrons. The molecule has 26 heavy (non-hydrogen) atoms. The van der Waals surface area contributed by atoms with Gasteiger partial charge in [0, 0.05) is 36.8 Å². The van der Waals surface area contributed by atoms with Crippen LogP contribution in [0.2, 0.25) is 0 Å². The molecule has 0 spiro atoms. The molecule has 0 saturated carbocycles. The number of aromatic amines is 1. The van der Waals surface area contributed by atoms with Crippen molar-refractivity contribution in [3.05, 3.63) is 36.5 Å². The average Bonchev–Trinajstić information content (AvgIpc) is 2.86. The zero-order valence-electron chi connectivity index (χ0n) is 15.2. The second-order valence-electron chi connectivity index (χ2n) is 6.80. The van der Waals surface area contributed by atoms with Crippen molar-refractivity contribution in [2.75, 3.05) is 31.2 Å². The maximum Gasteiger partial charge on any atom is 0.129 e. The summed E-state index contributed by atoms with van der Waals surface area (Å²) >= 11 is 0. The molecular weight excluding hydrogens is 328 g/mol. The number of aromatic nitrogens is 3. The van der Waals surface area contributed by atoms with Crippen LogP contribution in [0.5, 0.6) is 5.75 Å². The van der Waals surface area contributed by atoms with Crippen LogP contribution in [0.3, 0.4) is 0 Å². The Kier molecular flexibility index (Phi) is 4.75. The SMILES string of the molecule is CC(C)Oc1ccc2[nH]nc(-c3ccnc(N4CCCOCC4)c3)c2c1. The lowest BCUT2D eigenvalue weighted by Gasteiger charge is -2.20. The van der Waals surface area contributed by atoms with Crippen LogP contribution in [0.1, 0.15) is 20.3 Å². The van der Waals surface area contributed by atoms with Crippen molar-refractivity contribution >= 4 is 16.7 Å². The van der Waals surface area contributed by atoms with E-state index in [0.717, 1.165) is 66.5 Å². The molecule has 2 aromatic heterocycles. The van der Waals surface area contributed by atoms with Crippen LogP contribution in [-0.4, -0.2) is 47.6 Å². The van der Waals surface area contributed by atoms with Gasteiger partial charge in [-0.25, -0.2) is 4.98 Å². The third-order valence-electron chi connectivity index (χ3n) is 4.47. The minimum Gasteiger partial charge on any atom is -0.491 e. The standard InChI is InChI=1S/C20H24N4O2/c1-14(2)26-16-4-5-18-17(13-16)20(23-22-18)15-6-7-21-19(12-15)24-8-3-10-25-11-9-24/h4-7,12-14H,3,8-11H2,1-2H3,(H,22,23). The first kappa shape index (κ1) is 16.8. The second kappa shape index (κ2) is 7.33. The molecule has 1 aliphatic heterocycles. The van der Waals surface area contributed by atoms with Crippen molar-refractivity contribution in [3.63, 3.8) is 0 Å². The Morgan fingerprint density at radius 1 is 1.15 bits per heavy atom. The minimum atomic E-state index is 0.139. The number of ether oxygens (including phenoxy) is 2. The molecule has 0 atom stereocenters. The Hall–Kier alpha value is -2.60. The average molecular weight is 352 g/mol. The van der Waals surface area contributed by atoms with Gasteiger partial charge in [0.05, 0.1) is 18.2 Å². The van der Waals surface area contributed by atoms with Crippen LogP contribution < -0.4 is 9.64 Å². The molecule has 6 nitrogen and oxygen atoms in total. The molecule has 0 unspecified atom stereocenters. The molecule has 1 aromatic carbocycles. The number of rotatable bonds is 4. The van der Waals surface area contributed by atoms with E-state index < -0.39 is 0 Å². The summed E-state index contributed by atoms with van der Waals surface area (Å²) in [7, 11) is 0. The highest BCUT2D eigenvalue weighted by atomic mass is 16.5. The zero-order valence-corrected chi connectivity index (χ0v) is 15.2. The van der Waals surface area contributed by atoms with Gasteiger partial charge in [0.25, 0.3) is 0 Å². The number of hydrogen-bond donors (Lipinski definition) is 1. The molecule has 3 heterocycles. The number of H-pyrrole nitrogens is 1. The monoisotopic (exact) mass is 352 g/mol. The fraction of sp³-hybridized carbons (Fsp3) is 0.400. The van der Waals surface area contributed by atoms with Gasteiger partial charge in [-0.1, -0.05) is 0 Å². The van der Waals surface area contributed by atoms with Gasteiger partial charge >= 0.3 is 0 Å². The lowest BCUT2D eigenvalue weighted by molar-refractivity contribution is 0.152. The summed E-state index contributed by atoms with van der Waals surface area (Å²) in [4.78, 5) is 6.84. The van der Waals surface area contributed by atoms with Gasteiger partial charge in [0.1, 0.15) is 17.3 Å². The number of nitrogens with one attached hydrogen (secondary N) is 1. The Balaban J connectivity index is 1.69. The molecule has 1 aliphatic rings. The summed E-state index contributed by atoms with van der Waals surface area (Å²) in [5.41, 5.74) is 2.97. The van der Waals surface area contributed by atoms with Crippen molar-refractivity contribution in [2.24, 2.45) is 0 Å². The molecule has 0 amide bonds. The topological polar surface area (TPSA) is 63.3 Å². The van der Waals surface area contributed by atoms with Gasteiger partial charge < -0.3 is 14.4 Å². The number of pyridine rings is 1. The van der Waals surface area contributed by atoms with E-state index in [1.807, 2.05) is 44.3 Å². The van der Waals surface area contributed by atoms with Gasteiger partial charge in [-0.05, 0) is 50.6 Å². The summed E-state index contributed by atoms with van der Waals surface area (Å²) in [6, 6.07) is 10.1. The van der Waals surface area contributed by atoms with E-state index >= 15 is 0 Å². The predicted octanol–water partition coefficient (Wildman–Crippen LogP) is 3.64. The number of hydrogen-bond acceptors (Lipinski definition) is 5. The van der Waals surface area contributed by atoms with Crippen molar-refractivity contribution in [1.29, 1.82) is 0 Å². The first-order valence-electron chi connectivity index (χ1n) is 9.14. The van der Waals surface area contributed by atoms with Crippen LogP contribution in [0.15, 0.2) is 36.5 Å². The third kappa shape index (κ3) is 3.51. The van der Waals surface area contributed by atoms with E-state index in [9.17, 15) is 0 Å². The number of nitrogens with zero attached hydrogens (tertiary/aromatic N) is 3. The normalized spacial score (nSPS) is 15.4. The summed E-state index contributed by atoms with van der Waals surface area (Å²) in [5.74, 6) is 1.83. The van der Waals surface area contributed by atoms with Gasteiger partial charge in [0.15, 0.2) is 0 Å². The van der Waals surface area contributed by atoms with Gasteiger partial charge in [-0.3, -0.25) is 5.10 Å². The lowest BCUT2D eigenvalue weighted by Crippen LogP contribution is -2.26. The van der Waals surface area contributed by atoms with Crippen molar-refractivity contribution in [1.82, 2.24) is 15.2 Å². The Morgan fingerprint density at radius 2 is 2.08 bits per heavy atom. The van der Waals surface area contributed by atoms with Crippen LogP contribution >= 0.6 is 0 Å². The molecule has 1 N–H and O–H groups in total. The fourth-order valence-corrected chi connectivity index (χ4v) is 3.27. The van der Waals surface area contributed by atoms with E-state index in [2.05, 4.69) is 26.1 Å². The van der Waals surface area contributed by atoms with E-state index in [0.29, 0.717) is 0 Å². The second-order valence-corrected chi connectivity index (χ2v) is 6.80. The van der Waals surface area contributed by atoms with Crippen molar-refractivity contribution < 1.29 is 9.47 Å². The first-order chi connectivity index (χ1) is 12.7. The summed E-state index contributed by atoms with van der Waals surface area (Å²) in [6.45, 7) is 7.45. The largest absolute Gasteiger partial charge is 0.491 e. The Labute approximate surface area is 153 Å². The van der Waals surface area contributed by atoms with Crippen LogP contribution in [0.25, 0.3) is 22.2 Å². The van der Waals surface area contributed by atoms with Crippen molar-refractivity contribution in [3.8, 4) is 17.0 Å². The highest BCUT2D eigenvalue weighted by Gasteiger charge is 2.15. The Bertz CT molecular complexity index is 882. The van der Waals surface area contributed by atoms with Gasteiger partial charge in [0.2, 0.25) is 0 Å². The van der Waals surface area contributed by atoms with Crippen LogP contribution in [0, 0.1) is 0 Å². The van der Waals surface area contributed by atoms with E-state index in [1.54, 1.807) is 0 Å². The molecular formula is C20H24N4O2. The maximum absolute atomic E-state index is 5.84. The van der Waals surface area contributed by atoms with E-state index in [-0.39, 0.29) is 6.10 Å². The van der Waals surface area contributed by atoms with Crippen LogP contribution in [0.4, 0.5) is 5.82 Å². The van der Waals surface area contributed by atoms with E-state index in [1.165, 1.54) is 0 Å². The highest BCUT2D eigenvalue weighted by Crippen LogP contribution is 2.31. The van der Waals surface area contributed by atoms with Gasteiger partial charge in [-0.2, -0.15) is 5.10 Å². The number of anilines is 1. The molecule has 0 radical (unpaired) electrons. The molecule has 1 fully saturated rings. The molecule has 1 saturated heterocycles. The van der Waals surface area contributed by atoms with Gasteiger partial charge in [-0.15, -0.1) is 0 Å². The smallest absolute Gasteiger partial charge is 0.129 e. The van der Waals surface area contributed by atoms with Crippen molar-refractivity contribution in [2.45, 2.75) is 26.4 Å². The summed E-state index contributed by atoms with van der Waals surface area (Å²) < 4.78 is 11.4. The third-order valence-corrected chi connectivity index (χ3v) is 4.47. The zero-order chi connectivity index (χ0) is 17.9. The van der Waals surface area contributed by atoms with E-state index in [4.69, 9.17) is 9.47 Å². The molecule has 6 heteroatoms. The first-order valence-corrected chi connectivity index (χ1v) is 9.14. The van der Waals surface area contributed by atoms with Crippen LogP contribution in [-0.2, 0) is 4.74 Å². The number of fused-ring (bicyclic) bond motifs is 1. The summed E-state index contributed by atoms with van der Waals surface area (Å²) in [5, 5.41) is 8.71. The Morgan fingerprint density at radius 3 is 2.96 bits per heavy atom. The predicted molar refractivity (Wildman–Crippen MR) is 103 cm³/mol. The quantitative estimate of drug-likeness (QED) is 0.777.